The van der Waals surface area contributed by atoms with E-state index in [1.54, 1.807) is 11.3 Å². The minimum Gasteiger partial charge on any atom is -0.348 e. The largest absolute Gasteiger partial charge is 0.348 e. The smallest absolute Gasteiger partial charge is 0.278 e. The van der Waals surface area contributed by atoms with Crippen LogP contribution in [0.3, 0.4) is 0 Å². The van der Waals surface area contributed by atoms with Gasteiger partial charge in [-0.1, -0.05) is 44.2 Å². The Kier molecular flexibility index (Phi) is 5.92. The molecule has 1 aliphatic carbocycles. The Morgan fingerprint density at radius 2 is 1.92 bits per heavy atom. The Morgan fingerprint density at radius 3 is 2.48 bits per heavy atom. The lowest BCUT2D eigenvalue weighted by molar-refractivity contribution is -0.704. The second-order valence-electron chi connectivity index (χ2n) is 7.60. The van der Waals surface area contributed by atoms with Crippen LogP contribution in [0.5, 0.6) is 0 Å². The first-order valence-corrected chi connectivity index (χ1v) is 10.2. The lowest BCUT2D eigenvalue weighted by Gasteiger charge is -2.20. The highest BCUT2D eigenvalue weighted by atomic mass is 32.1. The number of nitrogens with two attached hydrogens (primary N) is 1. The minimum absolute atomic E-state index is 0.0944. The first-order chi connectivity index (χ1) is 12.0. The van der Waals surface area contributed by atoms with Crippen molar-refractivity contribution in [3.05, 3.63) is 57.8 Å². The van der Waals surface area contributed by atoms with E-state index in [0.717, 1.165) is 19.3 Å². The molecule has 1 aliphatic rings. The maximum Gasteiger partial charge on any atom is 0.278 e. The fourth-order valence-electron chi connectivity index (χ4n) is 3.11. The number of amides is 1. The topological polar surface area (TPSA) is 45.7 Å². The zero-order valence-electron chi connectivity index (χ0n) is 15.4. The molecular formula is C21H29N2OS+. The van der Waals surface area contributed by atoms with E-state index in [2.05, 4.69) is 66.3 Å². The first kappa shape index (κ1) is 18.2. The van der Waals surface area contributed by atoms with Crippen LogP contribution in [0.1, 0.15) is 55.7 Å². The van der Waals surface area contributed by atoms with Crippen molar-refractivity contribution in [3.8, 4) is 0 Å². The molecule has 0 aliphatic heterocycles. The van der Waals surface area contributed by atoms with Gasteiger partial charge in [0.2, 0.25) is 0 Å². The fourth-order valence-corrected chi connectivity index (χ4v) is 3.94. The molecule has 3 rings (SSSR count). The zero-order chi connectivity index (χ0) is 17.8. The van der Waals surface area contributed by atoms with Crippen LogP contribution in [0.2, 0.25) is 0 Å². The highest BCUT2D eigenvalue weighted by molar-refractivity contribution is 7.10. The monoisotopic (exact) mass is 357 g/mol. The molecule has 1 fully saturated rings. The average molecular weight is 358 g/mol. The van der Waals surface area contributed by atoms with Crippen LogP contribution in [-0.4, -0.2) is 18.0 Å². The number of carbonyl (C=O) groups is 1. The molecule has 0 radical (unpaired) electrons. The van der Waals surface area contributed by atoms with Gasteiger partial charge in [0.15, 0.2) is 6.04 Å². The molecule has 134 valence electrons. The van der Waals surface area contributed by atoms with E-state index in [1.807, 2.05) is 6.92 Å². The lowest BCUT2D eigenvalue weighted by Crippen LogP contribution is -2.92. The summed E-state index contributed by atoms with van der Waals surface area (Å²) in [6.07, 6.45) is 3.36. The molecule has 0 bridgehead atoms. The van der Waals surface area contributed by atoms with E-state index in [9.17, 15) is 4.79 Å². The number of hydrogen-bond acceptors (Lipinski definition) is 2. The van der Waals surface area contributed by atoms with Gasteiger partial charge in [0, 0.05) is 11.6 Å². The number of thiophene rings is 1. The van der Waals surface area contributed by atoms with Gasteiger partial charge in [0.1, 0.15) is 6.04 Å². The second-order valence-corrected chi connectivity index (χ2v) is 8.58. The van der Waals surface area contributed by atoms with E-state index in [-0.39, 0.29) is 18.0 Å². The van der Waals surface area contributed by atoms with Crippen molar-refractivity contribution in [2.75, 3.05) is 0 Å². The summed E-state index contributed by atoms with van der Waals surface area (Å²) >= 11 is 1.76. The molecule has 1 saturated carbocycles. The molecule has 4 heteroatoms. The Bertz CT molecular complexity index is 674. The molecule has 3 nitrogen and oxygen atoms in total. The highest BCUT2D eigenvalue weighted by Gasteiger charge is 2.30. The van der Waals surface area contributed by atoms with Gasteiger partial charge < -0.3 is 10.6 Å². The third kappa shape index (κ3) is 5.16. The van der Waals surface area contributed by atoms with Crippen LogP contribution >= 0.6 is 11.3 Å². The molecule has 2 aromatic rings. The molecule has 0 unspecified atom stereocenters. The summed E-state index contributed by atoms with van der Waals surface area (Å²) in [6.45, 7) is 6.50. The maximum absolute atomic E-state index is 12.4. The predicted octanol–water partition coefficient (Wildman–Crippen LogP) is 3.27. The highest BCUT2D eigenvalue weighted by Crippen LogP contribution is 2.24. The summed E-state index contributed by atoms with van der Waals surface area (Å²) in [6, 6.07) is 13.7. The van der Waals surface area contributed by atoms with Crippen LogP contribution in [-0.2, 0) is 11.2 Å². The summed E-state index contributed by atoms with van der Waals surface area (Å²) in [7, 11) is 0. The quantitative estimate of drug-likeness (QED) is 0.748. The third-order valence-electron chi connectivity index (χ3n) is 4.65. The van der Waals surface area contributed by atoms with Crippen LogP contribution in [0.4, 0.5) is 0 Å². The molecule has 0 saturated heterocycles. The predicted molar refractivity (Wildman–Crippen MR) is 104 cm³/mol. The number of nitrogens with one attached hydrogen (secondary N) is 1. The van der Waals surface area contributed by atoms with Crippen LogP contribution in [0.25, 0.3) is 0 Å². The van der Waals surface area contributed by atoms with E-state index in [4.69, 9.17) is 0 Å². The van der Waals surface area contributed by atoms with Crippen LogP contribution in [0, 0.1) is 5.92 Å². The number of rotatable bonds is 8. The van der Waals surface area contributed by atoms with Crippen molar-refractivity contribution >= 4 is 17.2 Å². The summed E-state index contributed by atoms with van der Waals surface area (Å²) in [4.78, 5) is 13.7. The fraction of sp³-hybridized carbons (Fsp3) is 0.476. The van der Waals surface area contributed by atoms with E-state index >= 15 is 0 Å². The normalized spacial score (nSPS) is 16.6. The molecule has 2 atom stereocenters. The molecule has 25 heavy (non-hydrogen) atoms. The summed E-state index contributed by atoms with van der Waals surface area (Å²) in [5.41, 5.74) is 2.64. The van der Waals surface area contributed by atoms with Gasteiger partial charge >= 0.3 is 0 Å². The Hall–Kier alpha value is -1.65. The van der Waals surface area contributed by atoms with Gasteiger partial charge in [0.05, 0.1) is 4.88 Å². The van der Waals surface area contributed by atoms with Gasteiger partial charge in [-0.15, -0.1) is 11.3 Å². The van der Waals surface area contributed by atoms with E-state index in [0.29, 0.717) is 12.0 Å². The van der Waals surface area contributed by atoms with Crippen LogP contribution < -0.4 is 10.6 Å². The average Bonchev–Trinajstić information content (AvgIpc) is 3.23. The van der Waals surface area contributed by atoms with Crippen molar-refractivity contribution in [2.45, 2.75) is 58.2 Å². The Morgan fingerprint density at radius 1 is 1.20 bits per heavy atom. The molecule has 1 amide bonds. The summed E-state index contributed by atoms with van der Waals surface area (Å²) in [5, 5.41) is 7.42. The Balaban J connectivity index is 1.74. The van der Waals surface area contributed by atoms with Crippen molar-refractivity contribution in [2.24, 2.45) is 5.92 Å². The number of quaternary nitrogens is 1. The summed E-state index contributed by atoms with van der Waals surface area (Å²) < 4.78 is 0. The van der Waals surface area contributed by atoms with Crippen molar-refractivity contribution in [1.82, 2.24) is 5.32 Å². The van der Waals surface area contributed by atoms with Crippen molar-refractivity contribution in [1.29, 1.82) is 0 Å². The zero-order valence-corrected chi connectivity index (χ0v) is 16.2. The standard InChI is InChI=1S/C21H28N2OS/c1-14(2)13-16-6-8-17(9-7-16)20(19-5-4-12-25-19)22-15(3)21(24)23-18-10-11-18/h4-9,12,14-15,18,20,22H,10-11,13H2,1-3H3,(H,23,24)/p+1/t15-,20+/m0/s1. The molecule has 1 heterocycles. The lowest BCUT2D eigenvalue weighted by atomic mass is 9.98. The number of carbonyl (C=O) groups excluding carboxylic acids is 1. The van der Waals surface area contributed by atoms with Gasteiger partial charge in [-0.2, -0.15) is 0 Å². The Labute approximate surface area is 154 Å². The third-order valence-corrected chi connectivity index (χ3v) is 5.61. The molecule has 1 aromatic heterocycles. The van der Waals surface area contributed by atoms with Crippen LogP contribution in [0.15, 0.2) is 41.8 Å². The first-order valence-electron chi connectivity index (χ1n) is 9.30. The minimum atomic E-state index is -0.0944. The number of hydrogen-bond donors (Lipinski definition) is 2. The summed E-state index contributed by atoms with van der Waals surface area (Å²) in [5.74, 6) is 0.817. The second kappa shape index (κ2) is 8.15. The molecular weight excluding hydrogens is 328 g/mol. The number of benzene rings is 1. The van der Waals surface area contributed by atoms with E-state index < -0.39 is 0 Å². The van der Waals surface area contributed by atoms with Gasteiger partial charge in [-0.05, 0) is 49.1 Å². The van der Waals surface area contributed by atoms with Gasteiger partial charge in [-0.3, -0.25) is 4.79 Å². The van der Waals surface area contributed by atoms with Gasteiger partial charge in [-0.25, -0.2) is 0 Å². The molecule has 0 spiro atoms. The maximum atomic E-state index is 12.4. The van der Waals surface area contributed by atoms with Crippen molar-refractivity contribution in [3.63, 3.8) is 0 Å². The molecule has 1 aromatic carbocycles. The van der Waals surface area contributed by atoms with Crippen molar-refractivity contribution < 1.29 is 10.1 Å². The molecule has 3 N–H and O–H groups in total. The van der Waals surface area contributed by atoms with Gasteiger partial charge in [0.25, 0.3) is 5.91 Å². The van der Waals surface area contributed by atoms with E-state index in [1.165, 1.54) is 16.0 Å². The SMILES string of the molecule is CC(C)Cc1ccc([C@@H]([NH2+][C@@H](C)C(=O)NC2CC2)c2cccs2)cc1.